The van der Waals surface area contributed by atoms with Crippen molar-refractivity contribution < 1.29 is 19.4 Å². The molecule has 1 atom stereocenters. The van der Waals surface area contributed by atoms with Crippen LogP contribution in [0.5, 0.6) is 11.5 Å². The van der Waals surface area contributed by atoms with Crippen LogP contribution in [0.1, 0.15) is 27.5 Å². The van der Waals surface area contributed by atoms with Gasteiger partial charge in [0.2, 0.25) is 0 Å². The fraction of sp³-hybridized carbons (Fsp3) is 0.261. The number of hydrogen-bond acceptors (Lipinski definition) is 4. The number of benzene rings is 2. The zero-order valence-electron chi connectivity index (χ0n) is 16.1. The summed E-state index contributed by atoms with van der Waals surface area (Å²) in [5, 5.41) is 11.5. The third kappa shape index (κ3) is 5.60. The molecule has 0 spiro atoms. The van der Waals surface area contributed by atoms with Crippen molar-refractivity contribution >= 4 is 17.3 Å². The Hall–Kier alpha value is -2.79. The summed E-state index contributed by atoms with van der Waals surface area (Å²) in [6, 6.07) is 17.5. The zero-order valence-corrected chi connectivity index (χ0v) is 16.9. The summed E-state index contributed by atoms with van der Waals surface area (Å²) < 4.78 is 11.6. The molecular formula is C23H24O4S. The van der Waals surface area contributed by atoms with E-state index in [4.69, 9.17) is 9.47 Å². The van der Waals surface area contributed by atoms with Crippen molar-refractivity contribution in [1.29, 1.82) is 0 Å². The van der Waals surface area contributed by atoms with Gasteiger partial charge in [-0.2, -0.15) is 0 Å². The molecule has 0 amide bonds. The summed E-state index contributed by atoms with van der Waals surface area (Å²) in [7, 11) is 0. The summed E-state index contributed by atoms with van der Waals surface area (Å²) in [5.41, 5.74) is 3.28. The third-order valence-corrected chi connectivity index (χ3v) is 5.32. The second-order valence-corrected chi connectivity index (χ2v) is 7.76. The number of carboxylic acids is 1. The molecule has 0 bridgehead atoms. The summed E-state index contributed by atoms with van der Waals surface area (Å²) in [6.45, 7) is 4.95. The van der Waals surface area contributed by atoms with E-state index in [0.29, 0.717) is 19.6 Å². The molecule has 28 heavy (non-hydrogen) atoms. The first-order valence-corrected chi connectivity index (χ1v) is 10.1. The molecule has 146 valence electrons. The highest BCUT2D eigenvalue weighted by atomic mass is 32.1. The molecule has 1 aromatic heterocycles. The Morgan fingerprint density at radius 3 is 2.32 bits per heavy atom. The van der Waals surface area contributed by atoms with Gasteiger partial charge in [0.15, 0.2) is 0 Å². The van der Waals surface area contributed by atoms with Gasteiger partial charge in [-0.3, -0.25) is 4.79 Å². The minimum atomic E-state index is -0.810. The van der Waals surface area contributed by atoms with Gasteiger partial charge in [-0.15, -0.1) is 11.3 Å². The molecule has 0 aliphatic heterocycles. The van der Waals surface area contributed by atoms with Crippen molar-refractivity contribution in [3.8, 4) is 11.5 Å². The normalized spacial score (nSPS) is 11.8. The van der Waals surface area contributed by atoms with Crippen LogP contribution in [0.3, 0.4) is 0 Å². The van der Waals surface area contributed by atoms with E-state index in [1.54, 1.807) is 0 Å². The molecule has 0 saturated carbocycles. The van der Waals surface area contributed by atoms with Gasteiger partial charge in [0.1, 0.15) is 24.7 Å². The standard InChI is InChI=1S/C23H24O4S/c1-16-11-17(2)13-20(12-16)27-9-8-26-19-6-3-5-18(14-19)15-21(23(24)25)22-7-4-10-28-22/h3-7,10-14,21H,8-9,15H2,1-2H3,(H,24,25). The monoisotopic (exact) mass is 396 g/mol. The van der Waals surface area contributed by atoms with Crippen molar-refractivity contribution in [1.82, 2.24) is 0 Å². The van der Waals surface area contributed by atoms with Crippen molar-refractivity contribution in [2.45, 2.75) is 26.2 Å². The van der Waals surface area contributed by atoms with E-state index in [2.05, 4.69) is 6.07 Å². The Bertz CT molecular complexity index is 898. The van der Waals surface area contributed by atoms with Crippen LogP contribution < -0.4 is 9.47 Å². The average molecular weight is 397 g/mol. The Kier molecular flexibility index (Phi) is 6.71. The fourth-order valence-electron chi connectivity index (χ4n) is 3.13. The second kappa shape index (κ2) is 9.42. The molecule has 0 fully saturated rings. The molecule has 0 aliphatic rings. The minimum Gasteiger partial charge on any atom is -0.490 e. The van der Waals surface area contributed by atoms with Gasteiger partial charge in [-0.05, 0) is 72.7 Å². The van der Waals surface area contributed by atoms with Crippen molar-refractivity contribution in [2.24, 2.45) is 0 Å². The highest BCUT2D eigenvalue weighted by Crippen LogP contribution is 2.27. The van der Waals surface area contributed by atoms with Crippen LogP contribution in [0.4, 0.5) is 0 Å². The van der Waals surface area contributed by atoms with Gasteiger partial charge in [0.05, 0.1) is 5.92 Å². The lowest BCUT2D eigenvalue weighted by Crippen LogP contribution is -2.13. The van der Waals surface area contributed by atoms with E-state index in [1.807, 2.05) is 67.8 Å². The Morgan fingerprint density at radius 2 is 1.68 bits per heavy atom. The number of carbonyl (C=O) groups is 1. The predicted octanol–water partition coefficient (Wildman–Crippen LogP) is 5.23. The van der Waals surface area contributed by atoms with E-state index < -0.39 is 11.9 Å². The van der Waals surface area contributed by atoms with Crippen molar-refractivity contribution in [3.63, 3.8) is 0 Å². The van der Waals surface area contributed by atoms with Crippen LogP contribution in [-0.4, -0.2) is 24.3 Å². The highest BCUT2D eigenvalue weighted by Gasteiger charge is 2.21. The number of hydrogen-bond donors (Lipinski definition) is 1. The number of aliphatic carboxylic acids is 1. The number of aryl methyl sites for hydroxylation is 2. The van der Waals surface area contributed by atoms with Crippen molar-refractivity contribution in [2.75, 3.05) is 13.2 Å². The maximum atomic E-state index is 11.6. The SMILES string of the molecule is Cc1cc(C)cc(OCCOc2cccc(CC(C(=O)O)c3cccs3)c2)c1. The fourth-order valence-corrected chi connectivity index (χ4v) is 3.95. The van der Waals surface area contributed by atoms with Gasteiger partial charge in [0, 0.05) is 4.88 Å². The molecule has 0 radical (unpaired) electrons. The number of ether oxygens (including phenoxy) is 2. The maximum absolute atomic E-state index is 11.6. The highest BCUT2D eigenvalue weighted by molar-refractivity contribution is 7.10. The van der Waals surface area contributed by atoms with Gasteiger partial charge >= 0.3 is 5.97 Å². The molecule has 4 nitrogen and oxygen atoms in total. The van der Waals surface area contributed by atoms with Gasteiger partial charge < -0.3 is 14.6 Å². The predicted molar refractivity (Wildman–Crippen MR) is 112 cm³/mol. The molecule has 0 aliphatic carbocycles. The van der Waals surface area contributed by atoms with E-state index >= 15 is 0 Å². The lowest BCUT2D eigenvalue weighted by Gasteiger charge is -2.13. The topological polar surface area (TPSA) is 55.8 Å². The first-order valence-electron chi connectivity index (χ1n) is 9.20. The molecule has 3 rings (SSSR count). The minimum absolute atomic E-state index is 0.420. The number of carboxylic acid groups (broad SMARTS) is 1. The second-order valence-electron chi connectivity index (χ2n) is 6.78. The summed E-state index contributed by atoms with van der Waals surface area (Å²) in [4.78, 5) is 12.5. The van der Waals surface area contributed by atoms with Crippen LogP contribution in [-0.2, 0) is 11.2 Å². The number of thiophene rings is 1. The molecule has 3 aromatic rings. The Morgan fingerprint density at radius 1 is 0.964 bits per heavy atom. The smallest absolute Gasteiger partial charge is 0.312 e. The lowest BCUT2D eigenvalue weighted by molar-refractivity contribution is -0.138. The molecule has 0 saturated heterocycles. The largest absolute Gasteiger partial charge is 0.490 e. The van der Waals surface area contributed by atoms with E-state index in [9.17, 15) is 9.90 Å². The van der Waals surface area contributed by atoms with E-state index in [-0.39, 0.29) is 0 Å². The summed E-state index contributed by atoms with van der Waals surface area (Å²) in [5.74, 6) is 0.214. The summed E-state index contributed by atoms with van der Waals surface area (Å²) >= 11 is 1.47. The first-order chi connectivity index (χ1) is 13.5. The van der Waals surface area contributed by atoms with Crippen LogP contribution >= 0.6 is 11.3 Å². The Balaban J connectivity index is 1.55. The van der Waals surface area contributed by atoms with Crippen LogP contribution in [0, 0.1) is 13.8 Å². The van der Waals surface area contributed by atoms with Crippen molar-refractivity contribution in [3.05, 3.63) is 81.5 Å². The molecular weight excluding hydrogens is 372 g/mol. The lowest BCUT2D eigenvalue weighted by atomic mass is 9.98. The van der Waals surface area contributed by atoms with E-state index in [1.165, 1.54) is 22.5 Å². The molecule has 1 heterocycles. The Labute approximate surface area is 169 Å². The molecule has 5 heteroatoms. The molecule has 1 unspecified atom stereocenters. The average Bonchev–Trinajstić information content (AvgIpc) is 3.17. The third-order valence-electron chi connectivity index (χ3n) is 4.34. The van der Waals surface area contributed by atoms with Crippen LogP contribution in [0.15, 0.2) is 60.0 Å². The van der Waals surface area contributed by atoms with E-state index in [0.717, 1.165) is 21.9 Å². The van der Waals surface area contributed by atoms with Gasteiger partial charge in [-0.1, -0.05) is 24.3 Å². The van der Waals surface area contributed by atoms with Gasteiger partial charge in [0.25, 0.3) is 0 Å². The van der Waals surface area contributed by atoms with Crippen LogP contribution in [0.2, 0.25) is 0 Å². The first kappa shape index (κ1) is 20.0. The molecule has 2 aromatic carbocycles. The zero-order chi connectivity index (χ0) is 19.9. The summed E-state index contributed by atoms with van der Waals surface area (Å²) in [6.07, 6.45) is 0.437. The maximum Gasteiger partial charge on any atom is 0.312 e. The molecule has 1 N–H and O–H groups in total. The van der Waals surface area contributed by atoms with Gasteiger partial charge in [-0.25, -0.2) is 0 Å². The number of rotatable bonds is 9. The quantitative estimate of drug-likeness (QED) is 0.503. The van der Waals surface area contributed by atoms with Crippen LogP contribution in [0.25, 0.3) is 0 Å².